The van der Waals surface area contributed by atoms with Crippen LogP contribution in [0.3, 0.4) is 0 Å². The van der Waals surface area contributed by atoms with E-state index in [2.05, 4.69) is 217 Å². The Hall–Kier alpha value is -6.70. The van der Waals surface area contributed by atoms with Gasteiger partial charge in [0.25, 0.3) is 0 Å². The summed E-state index contributed by atoms with van der Waals surface area (Å²) >= 11 is 0. The van der Waals surface area contributed by atoms with E-state index in [0.717, 1.165) is 17.1 Å². The Bertz CT molecular complexity index is 2610. The number of rotatable bonds is 7. The molecule has 0 aromatic heterocycles. The molecule has 0 saturated carbocycles. The van der Waals surface area contributed by atoms with Crippen LogP contribution >= 0.6 is 0 Å². The molecule has 9 aromatic carbocycles. The molecule has 0 amide bonds. The molecule has 0 N–H and O–H groups in total. The van der Waals surface area contributed by atoms with E-state index in [1.54, 1.807) is 0 Å². The van der Waals surface area contributed by atoms with Gasteiger partial charge in [-0.3, -0.25) is 0 Å². The molecule has 0 saturated heterocycles. The summed E-state index contributed by atoms with van der Waals surface area (Å²) in [6.07, 6.45) is 0. The monoisotopic (exact) mass is 649 g/mol. The largest absolute Gasteiger partial charge is 0.310 e. The van der Waals surface area contributed by atoms with E-state index in [1.807, 2.05) is 0 Å². The second-order valence-electron chi connectivity index (χ2n) is 12.9. The minimum atomic E-state index is 1.10. The van der Waals surface area contributed by atoms with Crippen LogP contribution in [0.1, 0.15) is 0 Å². The Labute approximate surface area is 299 Å². The summed E-state index contributed by atoms with van der Waals surface area (Å²) in [5, 5.41) is 5.06. The molecule has 9 rings (SSSR count). The fourth-order valence-corrected chi connectivity index (χ4v) is 7.54. The maximum Gasteiger partial charge on any atom is 0.0540 e. The maximum absolute atomic E-state index is 2.40. The van der Waals surface area contributed by atoms with E-state index in [4.69, 9.17) is 0 Å². The SMILES string of the molecule is c1ccc(-c2cccc(N(c3ccc(-c4c(-c5ccccc5)c5ccccc5c5ccccc45)cc3)c3ccccc3-c3ccccc3)c2)cc1. The second kappa shape index (κ2) is 13.3. The normalized spacial score (nSPS) is 11.1. The van der Waals surface area contributed by atoms with E-state index in [1.165, 1.54) is 66.1 Å². The van der Waals surface area contributed by atoms with Crippen LogP contribution < -0.4 is 4.90 Å². The maximum atomic E-state index is 2.40. The predicted molar refractivity (Wildman–Crippen MR) is 218 cm³/mol. The number of fused-ring (bicyclic) bond motifs is 3. The summed E-state index contributed by atoms with van der Waals surface area (Å²) in [5.74, 6) is 0. The van der Waals surface area contributed by atoms with Gasteiger partial charge in [-0.15, -0.1) is 0 Å². The number of hydrogen-bond acceptors (Lipinski definition) is 1. The van der Waals surface area contributed by atoms with Crippen molar-refractivity contribution in [2.45, 2.75) is 0 Å². The van der Waals surface area contributed by atoms with Crippen molar-refractivity contribution in [3.05, 3.63) is 212 Å². The molecule has 0 spiro atoms. The van der Waals surface area contributed by atoms with Gasteiger partial charge in [-0.05, 0) is 90.8 Å². The molecule has 0 radical (unpaired) electrons. The lowest BCUT2D eigenvalue weighted by molar-refractivity contribution is 1.28. The number of hydrogen-bond donors (Lipinski definition) is 0. The van der Waals surface area contributed by atoms with Gasteiger partial charge < -0.3 is 4.90 Å². The van der Waals surface area contributed by atoms with Crippen molar-refractivity contribution in [3.63, 3.8) is 0 Å². The highest BCUT2D eigenvalue weighted by Crippen LogP contribution is 2.46. The highest BCUT2D eigenvalue weighted by atomic mass is 15.1. The Morgan fingerprint density at radius 2 is 0.706 bits per heavy atom. The third-order valence-electron chi connectivity index (χ3n) is 9.85. The smallest absolute Gasteiger partial charge is 0.0540 e. The number of benzene rings is 9. The molecule has 0 aliphatic rings. The van der Waals surface area contributed by atoms with Gasteiger partial charge in [0.15, 0.2) is 0 Å². The first-order valence-corrected chi connectivity index (χ1v) is 17.5. The van der Waals surface area contributed by atoms with Gasteiger partial charge in [0.2, 0.25) is 0 Å². The molecule has 0 aliphatic carbocycles. The van der Waals surface area contributed by atoms with Crippen molar-refractivity contribution in [3.8, 4) is 44.5 Å². The summed E-state index contributed by atoms with van der Waals surface area (Å²) in [6, 6.07) is 76.6. The topological polar surface area (TPSA) is 3.24 Å². The molecule has 240 valence electrons. The summed E-state index contributed by atoms with van der Waals surface area (Å²) in [4.78, 5) is 2.40. The average molecular weight is 650 g/mol. The van der Waals surface area contributed by atoms with Crippen LogP contribution in [0.25, 0.3) is 66.1 Å². The minimum Gasteiger partial charge on any atom is -0.310 e. The zero-order chi connectivity index (χ0) is 34.0. The molecule has 0 atom stereocenters. The first-order chi connectivity index (χ1) is 25.3. The Kier molecular flexibility index (Phi) is 7.92. The van der Waals surface area contributed by atoms with Crippen LogP contribution in [0.2, 0.25) is 0 Å². The van der Waals surface area contributed by atoms with Gasteiger partial charge in [0.1, 0.15) is 0 Å². The average Bonchev–Trinajstić information content (AvgIpc) is 3.22. The summed E-state index contributed by atoms with van der Waals surface area (Å²) < 4.78 is 0. The standard InChI is InChI=1S/C50H35N/c1-4-17-36(18-5-1)40-23-16-24-42(35-40)51(48-30-15-14-25-43(48)37-19-6-2-7-20-37)41-33-31-39(32-34-41)50-47-29-13-11-27-45(47)44-26-10-12-28-46(44)49(50)38-21-8-3-9-22-38/h1-35H. The van der Waals surface area contributed by atoms with Crippen LogP contribution in [0.15, 0.2) is 212 Å². The van der Waals surface area contributed by atoms with Crippen molar-refractivity contribution in [2.75, 3.05) is 4.90 Å². The van der Waals surface area contributed by atoms with Crippen molar-refractivity contribution in [1.29, 1.82) is 0 Å². The molecule has 0 fully saturated rings. The lowest BCUT2D eigenvalue weighted by atomic mass is 9.85. The number of anilines is 3. The van der Waals surface area contributed by atoms with Crippen LogP contribution in [0, 0.1) is 0 Å². The van der Waals surface area contributed by atoms with E-state index in [9.17, 15) is 0 Å². The Balaban J connectivity index is 1.26. The molecule has 51 heavy (non-hydrogen) atoms. The van der Waals surface area contributed by atoms with Gasteiger partial charge in [-0.2, -0.15) is 0 Å². The number of para-hydroxylation sites is 1. The minimum absolute atomic E-state index is 1.10. The lowest BCUT2D eigenvalue weighted by Gasteiger charge is -2.28. The summed E-state index contributed by atoms with van der Waals surface area (Å²) in [5.41, 5.74) is 13.0. The second-order valence-corrected chi connectivity index (χ2v) is 12.9. The molecule has 1 heteroatoms. The molecule has 9 aromatic rings. The van der Waals surface area contributed by atoms with Crippen LogP contribution in [-0.2, 0) is 0 Å². The fraction of sp³-hybridized carbons (Fsp3) is 0. The van der Waals surface area contributed by atoms with Crippen molar-refractivity contribution in [1.82, 2.24) is 0 Å². The van der Waals surface area contributed by atoms with Crippen molar-refractivity contribution in [2.24, 2.45) is 0 Å². The van der Waals surface area contributed by atoms with E-state index >= 15 is 0 Å². The Morgan fingerprint density at radius 1 is 0.255 bits per heavy atom. The zero-order valence-electron chi connectivity index (χ0n) is 28.2. The zero-order valence-corrected chi connectivity index (χ0v) is 28.2. The third-order valence-corrected chi connectivity index (χ3v) is 9.85. The fourth-order valence-electron chi connectivity index (χ4n) is 7.54. The van der Waals surface area contributed by atoms with Crippen LogP contribution in [-0.4, -0.2) is 0 Å². The molecule has 0 heterocycles. The van der Waals surface area contributed by atoms with Gasteiger partial charge in [0.05, 0.1) is 5.69 Å². The molecular formula is C50H35N. The summed E-state index contributed by atoms with van der Waals surface area (Å²) in [6.45, 7) is 0. The number of nitrogens with zero attached hydrogens (tertiary/aromatic N) is 1. The molecule has 0 unspecified atom stereocenters. The van der Waals surface area contributed by atoms with Crippen LogP contribution in [0.4, 0.5) is 17.1 Å². The molecule has 1 nitrogen and oxygen atoms in total. The molecule has 0 aliphatic heterocycles. The van der Waals surface area contributed by atoms with Crippen molar-refractivity contribution >= 4 is 38.6 Å². The first-order valence-electron chi connectivity index (χ1n) is 17.5. The van der Waals surface area contributed by atoms with Gasteiger partial charge in [-0.25, -0.2) is 0 Å². The van der Waals surface area contributed by atoms with E-state index in [-0.39, 0.29) is 0 Å². The molecular weight excluding hydrogens is 615 g/mol. The third kappa shape index (κ3) is 5.65. The predicted octanol–water partition coefficient (Wildman–Crippen LogP) is 14.1. The molecule has 0 bridgehead atoms. The highest BCUT2D eigenvalue weighted by Gasteiger charge is 2.20. The summed E-state index contributed by atoms with van der Waals surface area (Å²) in [7, 11) is 0. The van der Waals surface area contributed by atoms with Gasteiger partial charge >= 0.3 is 0 Å². The van der Waals surface area contributed by atoms with Crippen LogP contribution in [0.5, 0.6) is 0 Å². The van der Waals surface area contributed by atoms with Gasteiger partial charge in [-0.1, -0.05) is 182 Å². The van der Waals surface area contributed by atoms with E-state index in [0.29, 0.717) is 0 Å². The lowest BCUT2D eigenvalue weighted by Crippen LogP contribution is -2.11. The van der Waals surface area contributed by atoms with Crippen molar-refractivity contribution < 1.29 is 0 Å². The Morgan fingerprint density at radius 3 is 1.31 bits per heavy atom. The van der Waals surface area contributed by atoms with E-state index < -0.39 is 0 Å². The highest BCUT2D eigenvalue weighted by molar-refractivity contribution is 6.21. The quantitative estimate of drug-likeness (QED) is 0.155. The first kappa shape index (κ1) is 30.4. The van der Waals surface area contributed by atoms with Gasteiger partial charge in [0, 0.05) is 16.9 Å².